The summed E-state index contributed by atoms with van der Waals surface area (Å²) < 4.78 is 39.6. The van der Waals surface area contributed by atoms with Crippen LogP contribution < -0.4 is 9.47 Å². The summed E-state index contributed by atoms with van der Waals surface area (Å²) in [4.78, 5) is 0. The first kappa shape index (κ1) is 17.1. The number of fused-ring (bicyclic) bond motifs is 1. The summed E-state index contributed by atoms with van der Waals surface area (Å²) in [5.74, 6) is 1.36. The highest BCUT2D eigenvalue weighted by Crippen LogP contribution is 2.31. The second kappa shape index (κ2) is 7.30. The van der Waals surface area contributed by atoms with Crippen molar-refractivity contribution >= 4 is 10.2 Å². The van der Waals surface area contributed by atoms with E-state index in [0.717, 1.165) is 0 Å². The van der Waals surface area contributed by atoms with Crippen LogP contribution in [0.2, 0.25) is 0 Å². The highest BCUT2D eigenvalue weighted by Gasteiger charge is 2.31. The summed E-state index contributed by atoms with van der Waals surface area (Å²) in [6.45, 7) is 7.46. The Labute approximate surface area is 132 Å². The van der Waals surface area contributed by atoms with Crippen molar-refractivity contribution in [1.29, 1.82) is 0 Å². The molecule has 7 heteroatoms. The Morgan fingerprint density at radius 2 is 1.64 bits per heavy atom. The van der Waals surface area contributed by atoms with E-state index in [1.807, 2.05) is 45.0 Å². The van der Waals surface area contributed by atoms with Gasteiger partial charge < -0.3 is 9.47 Å². The van der Waals surface area contributed by atoms with Crippen molar-refractivity contribution in [2.45, 2.75) is 26.9 Å². The maximum atomic E-state index is 12.6. The summed E-state index contributed by atoms with van der Waals surface area (Å²) in [7, 11) is -3.46. The summed E-state index contributed by atoms with van der Waals surface area (Å²) in [5, 5.41) is 0. The number of hydrogen-bond acceptors (Lipinski definition) is 4. The number of nitrogens with zero attached hydrogens (tertiary/aromatic N) is 2. The second-order valence-corrected chi connectivity index (χ2v) is 6.97. The quantitative estimate of drug-likeness (QED) is 0.765. The first-order chi connectivity index (χ1) is 10.5. The topological polar surface area (TPSA) is 59.1 Å². The zero-order valence-corrected chi connectivity index (χ0v) is 14.2. The number of hydrogen-bond donors (Lipinski definition) is 0. The van der Waals surface area contributed by atoms with E-state index in [9.17, 15) is 8.42 Å². The highest BCUT2D eigenvalue weighted by molar-refractivity contribution is 7.86. The Bertz CT molecular complexity index is 587. The average molecular weight is 328 g/mol. The minimum atomic E-state index is -3.46. The molecule has 1 aliphatic heterocycles. The molecule has 0 aromatic heterocycles. The number of para-hydroxylation sites is 2. The van der Waals surface area contributed by atoms with Gasteiger partial charge in [-0.1, -0.05) is 32.9 Å². The summed E-state index contributed by atoms with van der Waals surface area (Å²) in [5.41, 5.74) is 0. The van der Waals surface area contributed by atoms with Crippen LogP contribution in [-0.2, 0) is 10.2 Å². The van der Waals surface area contributed by atoms with E-state index < -0.39 is 10.2 Å². The van der Waals surface area contributed by atoms with E-state index in [2.05, 4.69) is 0 Å². The van der Waals surface area contributed by atoms with E-state index in [-0.39, 0.29) is 12.6 Å². The molecule has 1 unspecified atom stereocenters. The number of rotatable bonds is 7. The molecule has 0 aliphatic carbocycles. The van der Waals surface area contributed by atoms with Crippen LogP contribution >= 0.6 is 0 Å². The van der Waals surface area contributed by atoms with E-state index in [1.165, 1.54) is 8.61 Å². The Kier molecular flexibility index (Phi) is 5.66. The van der Waals surface area contributed by atoms with Gasteiger partial charge in [0.15, 0.2) is 11.5 Å². The third-order valence-electron chi connectivity index (χ3n) is 3.69. The van der Waals surface area contributed by atoms with Crippen LogP contribution in [0.15, 0.2) is 24.3 Å². The van der Waals surface area contributed by atoms with Gasteiger partial charge in [-0.15, -0.1) is 0 Å². The van der Waals surface area contributed by atoms with Gasteiger partial charge in [0.25, 0.3) is 10.2 Å². The van der Waals surface area contributed by atoms with Gasteiger partial charge in [0.1, 0.15) is 12.7 Å². The van der Waals surface area contributed by atoms with Gasteiger partial charge in [-0.25, -0.2) is 0 Å². The lowest BCUT2D eigenvalue weighted by atomic mass is 10.2. The zero-order valence-electron chi connectivity index (χ0n) is 13.4. The lowest BCUT2D eigenvalue weighted by Crippen LogP contribution is -2.49. The third-order valence-corrected chi connectivity index (χ3v) is 5.91. The molecule has 0 fully saturated rings. The van der Waals surface area contributed by atoms with Crippen LogP contribution in [0.1, 0.15) is 20.8 Å². The average Bonchev–Trinajstić information content (AvgIpc) is 2.53. The second-order valence-electron chi connectivity index (χ2n) is 5.04. The number of benzene rings is 1. The van der Waals surface area contributed by atoms with Crippen molar-refractivity contribution in [2.24, 2.45) is 0 Å². The molecule has 0 amide bonds. The highest BCUT2D eigenvalue weighted by atomic mass is 32.2. The van der Waals surface area contributed by atoms with Gasteiger partial charge >= 0.3 is 0 Å². The van der Waals surface area contributed by atoms with Crippen molar-refractivity contribution in [3.63, 3.8) is 0 Å². The number of likely N-dealkylation sites (N-methyl/N-ethyl adjacent to an activating group) is 1. The first-order valence-corrected chi connectivity index (χ1v) is 9.06. The maximum absolute atomic E-state index is 12.6. The van der Waals surface area contributed by atoms with Crippen molar-refractivity contribution in [3.05, 3.63) is 24.3 Å². The van der Waals surface area contributed by atoms with Crippen LogP contribution in [0.5, 0.6) is 11.5 Å². The van der Waals surface area contributed by atoms with Gasteiger partial charge in [0, 0.05) is 19.6 Å². The first-order valence-electron chi connectivity index (χ1n) is 7.66. The largest absolute Gasteiger partial charge is 0.486 e. The van der Waals surface area contributed by atoms with Crippen molar-refractivity contribution in [2.75, 3.05) is 32.8 Å². The third kappa shape index (κ3) is 3.53. The van der Waals surface area contributed by atoms with Crippen LogP contribution in [0.25, 0.3) is 0 Å². The molecule has 124 valence electrons. The van der Waals surface area contributed by atoms with Crippen LogP contribution in [0, 0.1) is 0 Å². The van der Waals surface area contributed by atoms with Crippen molar-refractivity contribution in [1.82, 2.24) is 8.61 Å². The van der Waals surface area contributed by atoms with Crippen molar-refractivity contribution < 1.29 is 17.9 Å². The van der Waals surface area contributed by atoms with Gasteiger partial charge in [-0.3, -0.25) is 0 Å². The molecule has 1 atom stereocenters. The molecule has 0 radical (unpaired) electrons. The molecule has 6 nitrogen and oxygen atoms in total. The van der Waals surface area contributed by atoms with E-state index in [1.54, 1.807) is 0 Å². The van der Waals surface area contributed by atoms with E-state index in [4.69, 9.17) is 9.47 Å². The molecule has 0 saturated heterocycles. The molecular weight excluding hydrogens is 304 g/mol. The number of ether oxygens (including phenoxy) is 2. The fraction of sp³-hybridized carbons (Fsp3) is 0.600. The van der Waals surface area contributed by atoms with E-state index in [0.29, 0.717) is 37.7 Å². The summed E-state index contributed by atoms with van der Waals surface area (Å²) >= 11 is 0. The normalized spacial score (nSPS) is 18.0. The molecule has 1 aromatic carbocycles. The van der Waals surface area contributed by atoms with Gasteiger partial charge in [-0.2, -0.15) is 17.0 Å². The minimum Gasteiger partial charge on any atom is -0.486 e. The lowest BCUT2D eigenvalue weighted by molar-refractivity contribution is 0.0759. The van der Waals surface area contributed by atoms with Gasteiger partial charge in [0.2, 0.25) is 0 Å². The fourth-order valence-electron chi connectivity index (χ4n) is 2.48. The predicted molar refractivity (Wildman–Crippen MR) is 85.4 cm³/mol. The smallest absolute Gasteiger partial charge is 0.282 e. The van der Waals surface area contributed by atoms with Gasteiger partial charge in [0.05, 0.1) is 6.54 Å². The SMILES string of the molecule is CCN(CC)S(=O)(=O)N(CC)CC1COc2ccccc2O1. The monoisotopic (exact) mass is 328 g/mol. The van der Waals surface area contributed by atoms with Crippen LogP contribution in [0.3, 0.4) is 0 Å². The fourth-order valence-corrected chi connectivity index (χ4v) is 4.14. The Morgan fingerprint density at radius 3 is 2.23 bits per heavy atom. The minimum absolute atomic E-state index is 0.281. The molecular formula is C15H24N2O4S. The molecule has 1 aliphatic rings. The van der Waals surface area contributed by atoms with E-state index >= 15 is 0 Å². The lowest BCUT2D eigenvalue weighted by Gasteiger charge is -2.32. The Hall–Kier alpha value is -1.31. The Balaban J connectivity index is 2.09. The molecule has 1 aromatic rings. The van der Waals surface area contributed by atoms with Gasteiger partial charge in [-0.05, 0) is 12.1 Å². The zero-order chi connectivity index (χ0) is 16.2. The van der Waals surface area contributed by atoms with Crippen LogP contribution in [0.4, 0.5) is 0 Å². The molecule has 22 heavy (non-hydrogen) atoms. The molecule has 2 rings (SSSR count). The standard InChI is InChI=1S/C15H24N2O4S/c1-4-16(5-2)22(18,19)17(6-3)11-13-12-20-14-9-7-8-10-15(14)21-13/h7-10,13H,4-6,11-12H2,1-3H3. The maximum Gasteiger partial charge on any atom is 0.282 e. The van der Waals surface area contributed by atoms with Crippen LogP contribution in [-0.4, -0.2) is 55.9 Å². The predicted octanol–water partition coefficient (Wildman–Crippen LogP) is 1.73. The molecule has 0 bridgehead atoms. The molecule has 0 spiro atoms. The molecule has 0 N–H and O–H groups in total. The Morgan fingerprint density at radius 1 is 1.05 bits per heavy atom. The summed E-state index contributed by atoms with van der Waals surface area (Å²) in [6, 6.07) is 7.42. The molecule has 1 heterocycles. The van der Waals surface area contributed by atoms with Crippen molar-refractivity contribution in [3.8, 4) is 11.5 Å². The molecule has 0 saturated carbocycles. The summed E-state index contributed by atoms with van der Waals surface area (Å²) in [6.07, 6.45) is -0.305.